The monoisotopic (exact) mass is 249 g/mol. The number of benzene rings is 1. The second-order valence-corrected chi connectivity index (χ2v) is 3.74. The van der Waals surface area contributed by atoms with E-state index in [2.05, 4.69) is 4.98 Å². The summed E-state index contributed by atoms with van der Waals surface area (Å²) in [6, 6.07) is 8.69. The zero-order chi connectivity index (χ0) is 13.0. The van der Waals surface area contributed by atoms with Crippen LogP contribution >= 0.6 is 0 Å². The molecule has 1 aromatic carbocycles. The second kappa shape index (κ2) is 5.04. The predicted molar refractivity (Wildman–Crippen MR) is 64.6 cm³/mol. The van der Waals surface area contributed by atoms with Gasteiger partial charge in [-0.25, -0.2) is 0 Å². The number of aromatic nitrogens is 1. The molecule has 0 aliphatic heterocycles. The first-order valence-electron chi connectivity index (χ1n) is 5.31. The highest BCUT2D eigenvalue weighted by Gasteiger charge is 2.29. The Kier molecular flexibility index (Phi) is 3.46. The van der Waals surface area contributed by atoms with E-state index < -0.39 is 11.7 Å². The third-order valence-corrected chi connectivity index (χ3v) is 2.39. The minimum Gasteiger partial charge on any atom is -0.264 e. The molecule has 0 radical (unpaired) electrons. The summed E-state index contributed by atoms with van der Waals surface area (Å²) in [5.41, 5.74) is 0.977. The Morgan fingerprint density at radius 1 is 0.889 bits per heavy atom. The quantitative estimate of drug-likeness (QED) is 0.774. The Hall–Kier alpha value is -2.10. The van der Waals surface area contributed by atoms with E-state index in [1.807, 2.05) is 6.07 Å². The number of hydrogen-bond donors (Lipinski definition) is 0. The van der Waals surface area contributed by atoms with E-state index in [0.29, 0.717) is 5.56 Å². The minimum atomic E-state index is -4.29. The molecule has 1 aromatic heterocycles. The molecule has 4 heteroatoms. The van der Waals surface area contributed by atoms with Gasteiger partial charge in [-0.15, -0.1) is 0 Å². The number of pyridine rings is 1. The Labute approximate surface area is 103 Å². The van der Waals surface area contributed by atoms with Crippen molar-refractivity contribution in [2.45, 2.75) is 6.18 Å². The fraction of sp³-hybridized carbons (Fsp3) is 0.0714. The van der Waals surface area contributed by atoms with Crippen molar-refractivity contribution >= 4 is 12.2 Å². The van der Waals surface area contributed by atoms with Crippen molar-refractivity contribution in [3.8, 4) is 0 Å². The molecule has 0 amide bonds. The van der Waals surface area contributed by atoms with E-state index in [9.17, 15) is 13.2 Å². The molecule has 0 atom stereocenters. The minimum absolute atomic E-state index is 0.638. The van der Waals surface area contributed by atoms with Crippen LogP contribution in [0.2, 0.25) is 0 Å². The summed E-state index contributed by atoms with van der Waals surface area (Å²) in [5, 5.41) is 0. The maximum atomic E-state index is 12.3. The largest absolute Gasteiger partial charge is 0.416 e. The average molecular weight is 249 g/mol. The van der Waals surface area contributed by atoms with E-state index in [0.717, 1.165) is 17.7 Å². The van der Waals surface area contributed by atoms with Gasteiger partial charge < -0.3 is 0 Å². The third-order valence-electron chi connectivity index (χ3n) is 2.39. The van der Waals surface area contributed by atoms with E-state index in [4.69, 9.17) is 0 Å². The Morgan fingerprint density at radius 3 is 2.11 bits per heavy atom. The van der Waals surface area contributed by atoms with Crippen LogP contribution in [0.15, 0.2) is 48.8 Å². The smallest absolute Gasteiger partial charge is 0.264 e. The summed E-state index contributed by atoms with van der Waals surface area (Å²) < 4.78 is 37.0. The highest BCUT2D eigenvalue weighted by molar-refractivity contribution is 5.69. The van der Waals surface area contributed by atoms with Crippen LogP contribution in [0.4, 0.5) is 13.2 Å². The molecule has 92 valence electrons. The van der Waals surface area contributed by atoms with Gasteiger partial charge >= 0.3 is 6.18 Å². The molecule has 0 aliphatic rings. The number of hydrogen-bond acceptors (Lipinski definition) is 1. The summed E-state index contributed by atoms with van der Waals surface area (Å²) in [5.74, 6) is 0. The average Bonchev–Trinajstić information content (AvgIpc) is 2.37. The van der Waals surface area contributed by atoms with Gasteiger partial charge in [-0.2, -0.15) is 13.2 Å². The molecule has 0 saturated carbocycles. The lowest BCUT2D eigenvalue weighted by atomic mass is 10.1. The molecule has 2 rings (SSSR count). The van der Waals surface area contributed by atoms with Crippen molar-refractivity contribution in [2.24, 2.45) is 0 Å². The maximum absolute atomic E-state index is 12.3. The van der Waals surface area contributed by atoms with Gasteiger partial charge in [0.25, 0.3) is 0 Å². The predicted octanol–water partition coefficient (Wildman–Crippen LogP) is 4.27. The number of nitrogens with zero attached hydrogens (tertiary/aromatic N) is 1. The van der Waals surface area contributed by atoms with Gasteiger partial charge in [-0.05, 0) is 29.3 Å². The van der Waals surface area contributed by atoms with Crippen LogP contribution in [-0.2, 0) is 6.18 Å². The van der Waals surface area contributed by atoms with Crippen LogP contribution in [0.3, 0.4) is 0 Å². The van der Waals surface area contributed by atoms with E-state index >= 15 is 0 Å². The molecule has 0 unspecified atom stereocenters. The highest BCUT2D eigenvalue weighted by atomic mass is 19.4. The molecule has 1 heterocycles. The van der Waals surface area contributed by atoms with Gasteiger partial charge in [0, 0.05) is 12.4 Å². The molecule has 0 bridgehead atoms. The van der Waals surface area contributed by atoms with Gasteiger partial charge in [-0.3, -0.25) is 4.98 Å². The Morgan fingerprint density at radius 2 is 1.56 bits per heavy atom. The van der Waals surface area contributed by atoms with Gasteiger partial charge in [0.1, 0.15) is 0 Å². The number of alkyl halides is 3. The maximum Gasteiger partial charge on any atom is 0.416 e. The van der Waals surface area contributed by atoms with Gasteiger partial charge in [0.15, 0.2) is 0 Å². The van der Waals surface area contributed by atoms with Crippen molar-refractivity contribution in [1.29, 1.82) is 0 Å². The molecule has 0 aliphatic carbocycles. The van der Waals surface area contributed by atoms with Crippen molar-refractivity contribution < 1.29 is 13.2 Å². The van der Waals surface area contributed by atoms with E-state index in [1.54, 1.807) is 30.6 Å². The van der Waals surface area contributed by atoms with Crippen molar-refractivity contribution in [3.05, 3.63) is 65.5 Å². The highest BCUT2D eigenvalue weighted by Crippen LogP contribution is 2.29. The van der Waals surface area contributed by atoms with E-state index in [-0.39, 0.29) is 0 Å². The van der Waals surface area contributed by atoms with Gasteiger partial charge in [0.2, 0.25) is 0 Å². The van der Waals surface area contributed by atoms with Crippen molar-refractivity contribution in [1.82, 2.24) is 4.98 Å². The topological polar surface area (TPSA) is 12.9 Å². The first-order valence-corrected chi connectivity index (χ1v) is 5.31. The molecule has 18 heavy (non-hydrogen) atoms. The molecule has 0 N–H and O–H groups in total. The summed E-state index contributed by atoms with van der Waals surface area (Å²) in [4.78, 5) is 3.94. The molecule has 0 spiro atoms. The SMILES string of the molecule is FC(F)(F)c1ccc(/C=C/c2cccnc2)cc1. The molecular weight excluding hydrogens is 239 g/mol. The van der Waals surface area contributed by atoms with E-state index in [1.165, 1.54) is 12.1 Å². The zero-order valence-corrected chi connectivity index (χ0v) is 9.35. The lowest BCUT2D eigenvalue weighted by Gasteiger charge is -2.05. The van der Waals surface area contributed by atoms with Crippen LogP contribution in [-0.4, -0.2) is 4.98 Å². The number of halogens is 3. The summed E-state index contributed by atoms with van der Waals surface area (Å²) in [7, 11) is 0. The summed E-state index contributed by atoms with van der Waals surface area (Å²) >= 11 is 0. The lowest BCUT2D eigenvalue weighted by Crippen LogP contribution is -2.03. The molecule has 0 fully saturated rings. The zero-order valence-electron chi connectivity index (χ0n) is 9.35. The molecule has 1 nitrogen and oxygen atoms in total. The fourth-order valence-corrected chi connectivity index (χ4v) is 1.45. The Balaban J connectivity index is 2.14. The first kappa shape index (κ1) is 12.4. The van der Waals surface area contributed by atoms with Crippen LogP contribution in [0.5, 0.6) is 0 Å². The third kappa shape index (κ3) is 3.20. The Bertz CT molecular complexity index is 527. The normalized spacial score (nSPS) is 11.9. The van der Waals surface area contributed by atoms with Crippen molar-refractivity contribution in [2.75, 3.05) is 0 Å². The molecular formula is C14H10F3N. The molecule has 0 saturated heterocycles. The summed E-state index contributed by atoms with van der Waals surface area (Å²) in [6.07, 6.45) is 2.61. The first-order chi connectivity index (χ1) is 8.55. The van der Waals surface area contributed by atoms with Crippen LogP contribution in [0, 0.1) is 0 Å². The fourth-order valence-electron chi connectivity index (χ4n) is 1.45. The van der Waals surface area contributed by atoms with Crippen LogP contribution < -0.4 is 0 Å². The van der Waals surface area contributed by atoms with Crippen LogP contribution in [0.25, 0.3) is 12.2 Å². The standard InChI is InChI=1S/C14H10F3N/c15-14(16,17)13-7-5-11(6-8-13)3-4-12-2-1-9-18-10-12/h1-10H/b4-3+. The van der Waals surface area contributed by atoms with Crippen LogP contribution in [0.1, 0.15) is 16.7 Å². The number of rotatable bonds is 2. The summed E-state index contributed by atoms with van der Waals surface area (Å²) in [6.45, 7) is 0. The lowest BCUT2D eigenvalue weighted by molar-refractivity contribution is -0.137. The van der Waals surface area contributed by atoms with Gasteiger partial charge in [-0.1, -0.05) is 30.4 Å². The second-order valence-electron chi connectivity index (χ2n) is 3.74. The van der Waals surface area contributed by atoms with Gasteiger partial charge in [0.05, 0.1) is 5.56 Å². The van der Waals surface area contributed by atoms with Crippen molar-refractivity contribution in [3.63, 3.8) is 0 Å². The molecule has 2 aromatic rings.